The molecule has 7 nitrogen and oxygen atoms in total. The normalized spacial score (nSPS) is 16.0. The van der Waals surface area contributed by atoms with E-state index in [9.17, 15) is 4.79 Å². The second-order valence-corrected chi connectivity index (χ2v) is 8.33. The molecule has 0 aliphatic carbocycles. The summed E-state index contributed by atoms with van der Waals surface area (Å²) in [5.41, 5.74) is 2.75. The molecular formula is C23H24N4O3S. The van der Waals surface area contributed by atoms with Crippen LogP contribution in [0.4, 0.5) is 0 Å². The average Bonchev–Trinajstić information content (AvgIpc) is 3.46. The Balaban J connectivity index is 1.26. The molecule has 0 bridgehead atoms. The highest BCUT2D eigenvalue weighted by molar-refractivity contribution is 7.98. The summed E-state index contributed by atoms with van der Waals surface area (Å²) in [5, 5.41) is 0.816. The van der Waals surface area contributed by atoms with Crippen molar-refractivity contribution in [2.45, 2.75) is 11.7 Å². The molecule has 0 saturated carbocycles. The molecule has 2 aromatic carbocycles. The summed E-state index contributed by atoms with van der Waals surface area (Å²) in [6.07, 6.45) is 3.67. The fourth-order valence-corrected chi connectivity index (χ4v) is 4.57. The van der Waals surface area contributed by atoms with Gasteiger partial charge in [0.2, 0.25) is 6.79 Å². The summed E-state index contributed by atoms with van der Waals surface area (Å²) >= 11 is 1.54. The van der Waals surface area contributed by atoms with Gasteiger partial charge in [-0.2, -0.15) is 0 Å². The van der Waals surface area contributed by atoms with E-state index < -0.39 is 0 Å². The quantitative estimate of drug-likeness (QED) is 0.572. The van der Waals surface area contributed by atoms with Gasteiger partial charge in [-0.3, -0.25) is 14.3 Å². The minimum Gasteiger partial charge on any atom is -0.454 e. The summed E-state index contributed by atoms with van der Waals surface area (Å²) < 4.78 is 12.8. The second kappa shape index (κ2) is 8.64. The molecule has 31 heavy (non-hydrogen) atoms. The first-order chi connectivity index (χ1) is 15.2. The minimum atomic E-state index is 0.0272. The molecule has 0 N–H and O–H groups in total. The summed E-state index contributed by atoms with van der Waals surface area (Å²) in [5.74, 6) is 1.64. The number of imidazole rings is 1. The Kier molecular flexibility index (Phi) is 5.57. The van der Waals surface area contributed by atoms with Crippen LogP contribution in [-0.4, -0.2) is 64.5 Å². The number of para-hydroxylation sites is 1. The van der Waals surface area contributed by atoms with Gasteiger partial charge in [0.15, 0.2) is 16.7 Å². The molecule has 2 aliphatic rings. The lowest BCUT2D eigenvalue weighted by atomic mass is 10.1. The molecule has 3 aromatic rings. The van der Waals surface area contributed by atoms with Gasteiger partial charge in [-0.05, 0) is 36.1 Å². The number of hydrogen-bond acceptors (Lipinski definition) is 6. The van der Waals surface area contributed by atoms with E-state index in [2.05, 4.69) is 16.0 Å². The summed E-state index contributed by atoms with van der Waals surface area (Å²) in [4.78, 5) is 22.1. The number of thioether (sulfide) groups is 1. The van der Waals surface area contributed by atoms with E-state index in [1.165, 1.54) is 17.3 Å². The molecule has 1 amide bonds. The number of ether oxygens (including phenoxy) is 2. The number of rotatable bonds is 5. The van der Waals surface area contributed by atoms with E-state index in [0.717, 1.165) is 42.0 Å². The van der Waals surface area contributed by atoms with Gasteiger partial charge in [0.25, 0.3) is 5.91 Å². The van der Waals surface area contributed by atoms with Crippen LogP contribution in [-0.2, 0) is 6.54 Å². The predicted octanol–water partition coefficient (Wildman–Crippen LogP) is 3.28. The Morgan fingerprint density at radius 2 is 1.81 bits per heavy atom. The molecule has 2 aliphatic heterocycles. The number of carbonyl (C=O) groups is 1. The van der Waals surface area contributed by atoms with E-state index in [1.54, 1.807) is 6.20 Å². The number of fused-ring (bicyclic) bond motifs is 1. The van der Waals surface area contributed by atoms with Crippen LogP contribution in [0.1, 0.15) is 16.1 Å². The zero-order valence-electron chi connectivity index (χ0n) is 17.4. The van der Waals surface area contributed by atoms with E-state index in [-0.39, 0.29) is 12.7 Å². The van der Waals surface area contributed by atoms with Gasteiger partial charge in [-0.25, -0.2) is 4.98 Å². The predicted molar refractivity (Wildman–Crippen MR) is 119 cm³/mol. The molecule has 3 heterocycles. The highest BCUT2D eigenvalue weighted by Gasteiger charge is 2.26. The molecule has 5 rings (SSSR count). The summed E-state index contributed by atoms with van der Waals surface area (Å²) in [6.45, 7) is 4.16. The largest absolute Gasteiger partial charge is 0.454 e. The van der Waals surface area contributed by atoms with Crippen molar-refractivity contribution in [2.24, 2.45) is 0 Å². The minimum absolute atomic E-state index is 0.0272. The van der Waals surface area contributed by atoms with Gasteiger partial charge >= 0.3 is 0 Å². The molecule has 160 valence electrons. The van der Waals surface area contributed by atoms with Gasteiger partial charge in [-0.1, -0.05) is 36.0 Å². The van der Waals surface area contributed by atoms with E-state index >= 15 is 0 Å². The maximum Gasteiger partial charge on any atom is 0.272 e. The van der Waals surface area contributed by atoms with Crippen molar-refractivity contribution in [3.8, 4) is 17.2 Å². The number of aromatic nitrogens is 2. The van der Waals surface area contributed by atoms with Crippen LogP contribution in [0.3, 0.4) is 0 Å². The fraction of sp³-hybridized carbons (Fsp3) is 0.304. The van der Waals surface area contributed by atoms with Crippen LogP contribution < -0.4 is 9.47 Å². The second-order valence-electron chi connectivity index (χ2n) is 7.56. The van der Waals surface area contributed by atoms with Crippen LogP contribution in [0.5, 0.6) is 11.5 Å². The molecule has 0 radical (unpaired) electrons. The molecule has 0 unspecified atom stereocenters. The number of hydrogen-bond donors (Lipinski definition) is 0. The lowest BCUT2D eigenvalue weighted by Gasteiger charge is -2.34. The Bertz CT molecular complexity index is 1080. The van der Waals surface area contributed by atoms with E-state index in [1.807, 2.05) is 58.2 Å². The smallest absolute Gasteiger partial charge is 0.272 e. The molecule has 1 fully saturated rings. The highest BCUT2D eigenvalue weighted by atomic mass is 32.2. The fourth-order valence-electron chi connectivity index (χ4n) is 4.02. The lowest BCUT2D eigenvalue weighted by molar-refractivity contribution is 0.0620. The van der Waals surface area contributed by atoms with E-state index in [0.29, 0.717) is 18.8 Å². The molecule has 8 heteroatoms. The zero-order valence-corrected chi connectivity index (χ0v) is 18.2. The lowest BCUT2D eigenvalue weighted by Crippen LogP contribution is -2.48. The van der Waals surface area contributed by atoms with Gasteiger partial charge in [0, 0.05) is 38.4 Å². The maximum atomic E-state index is 13.3. The number of nitrogens with zero attached hydrogens (tertiary/aromatic N) is 4. The number of carbonyl (C=O) groups excluding carboxylic acids is 1. The third-order valence-corrected chi connectivity index (χ3v) is 6.30. The van der Waals surface area contributed by atoms with Crippen molar-refractivity contribution in [3.05, 3.63) is 66.0 Å². The highest BCUT2D eigenvalue weighted by Crippen LogP contribution is 2.33. The number of benzene rings is 2. The third kappa shape index (κ3) is 4.00. The maximum absolute atomic E-state index is 13.3. The van der Waals surface area contributed by atoms with Crippen LogP contribution >= 0.6 is 11.8 Å². The van der Waals surface area contributed by atoms with Gasteiger partial charge in [0.05, 0.1) is 6.20 Å². The Morgan fingerprint density at radius 1 is 1.03 bits per heavy atom. The molecule has 1 saturated heterocycles. The third-order valence-electron chi connectivity index (χ3n) is 5.65. The topological polar surface area (TPSA) is 59.8 Å². The van der Waals surface area contributed by atoms with Crippen molar-refractivity contribution in [2.75, 3.05) is 39.2 Å². The Labute approximate surface area is 185 Å². The SMILES string of the molecule is CSc1ncc(C(=O)N2CCN(Cc3ccc4c(c3)OCO4)CC2)n1-c1ccccc1. The van der Waals surface area contributed by atoms with Crippen molar-refractivity contribution in [1.82, 2.24) is 19.4 Å². The van der Waals surface area contributed by atoms with Gasteiger partial charge < -0.3 is 14.4 Å². The van der Waals surface area contributed by atoms with Crippen molar-refractivity contribution >= 4 is 17.7 Å². The first kappa shape index (κ1) is 20.0. The average molecular weight is 437 g/mol. The van der Waals surface area contributed by atoms with Gasteiger partial charge in [-0.15, -0.1) is 0 Å². The van der Waals surface area contributed by atoms with E-state index in [4.69, 9.17) is 9.47 Å². The zero-order chi connectivity index (χ0) is 21.2. The van der Waals surface area contributed by atoms with Crippen LogP contribution in [0.25, 0.3) is 5.69 Å². The van der Waals surface area contributed by atoms with Crippen LogP contribution in [0, 0.1) is 0 Å². The van der Waals surface area contributed by atoms with Crippen LogP contribution in [0.15, 0.2) is 59.9 Å². The number of piperazine rings is 1. The molecule has 0 spiro atoms. The number of amides is 1. The standard InChI is InChI=1S/C23H24N4O3S/c1-31-23-24-14-19(27(23)18-5-3-2-4-6-18)22(28)26-11-9-25(10-12-26)15-17-7-8-20-21(13-17)30-16-29-20/h2-8,13-14H,9-12,15-16H2,1H3. The summed E-state index contributed by atoms with van der Waals surface area (Å²) in [6, 6.07) is 16.0. The van der Waals surface area contributed by atoms with Crippen molar-refractivity contribution in [1.29, 1.82) is 0 Å². The van der Waals surface area contributed by atoms with Crippen molar-refractivity contribution in [3.63, 3.8) is 0 Å². The molecule has 1 aromatic heterocycles. The molecular weight excluding hydrogens is 412 g/mol. The van der Waals surface area contributed by atoms with Crippen LogP contribution in [0.2, 0.25) is 0 Å². The van der Waals surface area contributed by atoms with Crippen molar-refractivity contribution < 1.29 is 14.3 Å². The molecule has 0 atom stereocenters. The monoisotopic (exact) mass is 436 g/mol. The Hall–Kier alpha value is -2.97. The first-order valence-corrected chi connectivity index (χ1v) is 11.5. The first-order valence-electron chi connectivity index (χ1n) is 10.3. The van der Waals surface area contributed by atoms with Gasteiger partial charge in [0.1, 0.15) is 5.69 Å². The Morgan fingerprint density at radius 3 is 2.58 bits per heavy atom. The summed E-state index contributed by atoms with van der Waals surface area (Å²) in [7, 11) is 0.